The largest absolute Gasteiger partial charge is 0.336 e. The van der Waals surface area contributed by atoms with Crippen LogP contribution in [0.25, 0.3) is 0 Å². The standard InChI is InChI=1S/C23H21ClFN3O2S/c24-19-14-17(25)8-7-16(19)15-27-9-11-28(12-10-27)23(30)18-4-1-2-5-20(18)26-22(29)21-6-3-13-31-21/h1-8,13-14H,9-12,15H2,(H,26,29). The number of nitrogens with one attached hydrogen (secondary N) is 1. The number of hydrogen-bond acceptors (Lipinski definition) is 4. The van der Waals surface area contributed by atoms with Gasteiger partial charge in [-0.15, -0.1) is 11.3 Å². The van der Waals surface area contributed by atoms with Crippen molar-refractivity contribution in [3.05, 3.63) is 86.8 Å². The molecule has 1 fully saturated rings. The van der Waals surface area contributed by atoms with Crippen LogP contribution in [-0.2, 0) is 6.54 Å². The summed E-state index contributed by atoms with van der Waals surface area (Å²) in [6.45, 7) is 3.09. The minimum absolute atomic E-state index is 0.110. The van der Waals surface area contributed by atoms with Gasteiger partial charge in [-0.1, -0.05) is 35.9 Å². The molecular formula is C23H21ClFN3O2S. The van der Waals surface area contributed by atoms with Gasteiger partial charge in [0.05, 0.1) is 16.1 Å². The van der Waals surface area contributed by atoms with Gasteiger partial charge in [-0.3, -0.25) is 14.5 Å². The SMILES string of the molecule is O=C(Nc1ccccc1C(=O)N1CCN(Cc2ccc(F)cc2Cl)CC1)c1cccs1. The van der Waals surface area contributed by atoms with E-state index in [2.05, 4.69) is 10.2 Å². The number of benzene rings is 2. The number of nitrogens with zero attached hydrogens (tertiary/aromatic N) is 2. The third-order valence-electron chi connectivity index (χ3n) is 5.22. The fraction of sp³-hybridized carbons (Fsp3) is 0.217. The maximum absolute atomic E-state index is 13.3. The Morgan fingerprint density at radius 2 is 1.81 bits per heavy atom. The molecule has 1 N–H and O–H groups in total. The van der Waals surface area contributed by atoms with E-state index < -0.39 is 0 Å². The molecule has 3 aromatic rings. The normalized spacial score (nSPS) is 14.5. The smallest absolute Gasteiger partial charge is 0.265 e. The Morgan fingerprint density at radius 3 is 2.52 bits per heavy atom. The van der Waals surface area contributed by atoms with Crippen LogP contribution in [0.1, 0.15) is 25.6 Å². The minimum Gasteiger partial charge on any atom is -0.336 e. The highest BCUT2D eigenvalue weighted by atomic mass is 35.5. The first-order chi connectivity index (χ1) is 15.0. The maximum Gasteiger partial charge on any atom is 0.265 e. The number of amides is 2. The topological polar surface area (TPSA) is 52.7 Å². The van der Waals surface area contributed by atoms with Gasteiger partial charge in [0.2, 0.25) is 0 Å². The molecule has 5 nitrogen and oxygen atoms in total. The van der Waals surface area contributed by atoms with Gasteiger partial charge in [-0.2, -0.15) is 0 Å². The van der Waals surface area contributed by atoms with Crippen LogP contribution in [0.2, 0.25) is 5.02 Å². The van der Waals surface area contributed by atoms with Crippen molar-refractivity contribution >= 4 is 40.4 Å². The summed E-state index contributed by atoms with van der Waals surface area (Å²) < 4.78 is 13.3. The summed E-state index contributed by atoms with van der Waals surface area (Å²) in [4.78, 5) is 30.1. The molecule has 0 spiro atoms. The molecule has 0 atom stereocenters. The first kappa shape index (κ1) is 21.5. The maximum atomic E-state index is 13.3. The molecule has 1 aliphatic rings. The van der Waals surface area contributed by atoms with Crippen LogP contribution in [0.15, 0.2) is 60.0 Å². The number of piperazine rings is 1. The van der Waals surface area contributed by atoms with Gasteiger partial charge >= 0.3 is 0 Å². The lowest BCUT2D eigenvalue weighted by atomic mass is 10.1. The Kier molecular flexibility index (Phi) is 6.65. The van der Waals surface area contributed by atoms with Crippen LogP contribution < -0.4 is 5.32 Å². The monoisotopic (exact) mass is 457 g/mol. The molecule has 0 saturated carbocycles. The molecule has 1 aliphatic heterocycles. The Hall–Kier alpha value is -2.74. The van der Waals surface area contributed by atoms with Crippen molar-refractivity contribution in [1.29, 1.82) is 0 Å². The lowest BCUT2D eigenvalue weighted by molar-refractivity contribution is 0.0629. The fourth-order valence-corrected chi connectivity index (χ4v) is 4.39. The van der Waals surface area contributed by atoms with Crippen LogP contribution >= 0.6 is 22.9 Å². The summed E-state index contributed by atoms with van der Waals surface area (Å²) in [5.74, 6) is -0.688. The zero-order valence-electron chi connectivity index (χ0n) is 16.7. The number of rotatable bonds is 5. The number of hydrogen-bond donors (Lipinski definition) is 1. The second kappa shape index (κ2) is 9.60. The van der Waals surface area contributed by atoms with E-state index >= 15 is 0 Å². The van der Waals surface area contributed by atoms with Gasteiger partial charge < -0.3 is 10.2 Å². The van der Waals surface area contributed by atoms with Crippen molar-refractivity contribution in [2.24, 2.45) is 0 Å². The summed E-state index contributed by atoms with van der Waals surface area (Å²) in [6.07, 6.45) is 0. The first-order valence-corrected chi connectivity index (χ1v) is 11.2. The van der Waals surface area contributed by atoms with Crippen LogP contribution in [0, 0.1) is 5.82 Å². The van der Waals surface area contributed by atoms with Gasteiger partial charge in [-0.05, 0) is 41.3 Å². The van der Waals surface area contributed by atoms with E-state index in [-0.39, 0.29) is 17.6 Å². The predicted octanol–water partition coefficient (Wildman–Crippen LogP) is 4.75. The lowest BCUT2D eigenvalue weighted by Crippen LogP contribution is -2.48. The van der Waals surface area contributed by atoms with Gasteiger partial charge in [0.1, 0.15) is 5.82 Å². The molecular weight excluding hydrogens is 437 g/mol. The number of para-hydroxylation sites is 1. The average Bonchev–Trinajstić information content (AvgIpc) is 3.31. The van der Waals surface area contributed by atoms with Crippen molar-refractivity contribution in [2.75, 3.05) is 31.5 Å². The second-order valence-corrected chi connectivity index (χ2v) is 8.64. The highest BCUT2D eigenvalue weighted by Crippen LogP contribution is 2.22. The van der Waals surface area contributed by atoms with E-state index in [1.807, 2.05) is 11.4 Å². The number of thiophene rings is 1. The highest BCUT2D eigenvalue weighted by molar-refractivity contribution is 7.12. The molecule has 31 heavy (non-hydrogen) atoms. The number of carbonyl (C=O) groups is 2. The van der Waals surface area contributed by atoms with Gasteiger partial charge in [0, 0.05) is 37.7 Å². The number of carbonyl (C=O) groups excluding carboxylic acids is 2. The quantitative estimate of drug-likeness (QED) is 0.601. The Balaban J connectivity index is 1.39. The van der Waals surface area contributed by atoms with E-state index in [0.717, 1.165) is 5.56 Å². The Bertz CT molecular complexity index is 1080. The Labute approximate surface area is 189 Å². The van der Waals surface area contributed by atoms with E-state index in [1.165, 1.54) is 23.5 Å². The van der Waals surface area contributed by atoms with Crippen LogP contribution in [0.3, 0.4) is 0 Å². The van der Waals surface area contributed by atoms with E-state index in [4.69, 9.17) is 11.6 Å². The second-order valence-electron chi connectivity index (χ2n) is 7.28. The van der Waals surface area contributed by atoms with Gasteiger partial charge in [-0.25, -0.2) is 4.39 Å². The van der Waals surface area contributed by atoms with E-state index in [0.29, 0.717) is 53.9 Å². The minimum atomic E-state index is -0.353. The predicted molar refractivity (Wildman–Crippen MR) is 121 cm³/mol. The van der Waals surface area contributed by atoms with Crippen LogP contribution in [-0.4, -0.2) is 47.8 Å². The molecule has 0 aliphatic carbocycles. The average molecular weight is 458 g/mol. The molecule has 2 heterocycles. The molecule has 160 valence electrons. The summed E-state index contributed by atoms with van der Waals surface area (Å²) >= 11 is 7.49. The van der Waals surface area contributed by atoms with Crippen molar-refractivity contribution in [3.63, 3.8) is 0 Å². The molecule has 1 aromatic heterocycles. The molecule has 8 heteroatoms. The summed E-state index contributed by atoms with van der Waals surface area (Å²) in [5, 5.41) is 5.10. The van der Waals surface area contributed by atoms with E-state index in [1.54, 1.807) is 41.3 Å². The van der Waals surface area contributed by atoms with Crippen molar-refractivity contribution in [2.45, 2.75) is 6.54 Å². The highest BCUT2D eigenvalue weighted by Gasteiger charge is 2.24. The third kappa shape index (κ3) is 5.12. The third-order valence-corrected chi connectivity index (χ3v) is 6.44. The molecule has 4 rings (SSSR count). The zero-order chi connectivity index (χ0) is 21.8. The summed E-state index contributed by atoms with van der Waals surface area (Å²) in [6, 6.07) is 15.0. The number of anilines is 1. The van der Waals surface area contributed by atoms with Crippen molar-refractivity contribution in [1.82, 2.24) is 9.80 Å². The molecule has 0 radical (unpaired) electrons. The molecule has 1 saturated heterocycles. The molecule has 0 bridgehead atoms. The van der Waals surface area contributed by atoms with E-state index in [9.17, 15) is 14.0 Å². The van der Waals surface area contributed by atoms with Crippen molar-refractivity contribution in [3.8, 4) is 0 Å². The first-order valence-electron chi connectivity index (χ1n) is 9.91. The van der Waals surface area contributed by atoms with Crippen molar-refractivity contribution < 1.29 is 14.0 Å². The molecule has 0 unspecified atom stereocenters. The Morgan fingerprint density at radius 1 is 1.03 bits per heavy atom. The zero-order valence-corrected chi connectivity index (χ0v) is 18.3. The van der Waals surface area contributed by atoms with Gasteiger partial charge in [0.15, 0.2) is 0 Å². The number of halogens is 2. The van der Waals surface area contributed by atoms with Gasteiger partial charge in [0.25, 0.3) is 11.8 Å². The summed E-state index contributed by atoms with van der Waals surface area (Å²) in [7, 11) is 0. The molecule has 2 aromatic carbocycles. The molecule has 2 amide bonds. The fourth-order valence-electron chi connectivity index (χ4n) is 3.54. The van der Waals surface area contributed by atoms with Crippen LogP contribution in [0.4, 0.5) is 10.1 Å². The van der Waals surface area contributed by atoms with Crippen LogP contribution in [0.5, 0.6) is 0 Å². The summed E-state index contributed by atoms with van der Waals surface area (Å²) in [5.41, 5.74) is 1.85. The lowest BCUT2D eigenvalue weighted by Gasteiger charge is -2.35.